The number of thioether (sulfide) groups is 1. The predicted molar refractivity (Wildman–Crippen MR) is 128 cm³/mol. The van der Waals surface area contributed by atoms with Gasteiger partial charge in [-0.05, 0) is 49.1 Å². The highest BCUT2D eigenvalue weighted by molar-refractivity contribution is 9.10. The van der Waals surface area contributed by atoms with E-state index in [1.165, 1.54) is 0 Å². The fourth-order valence-electron chi connectivity index (χ4n) is 3.45. The van der Waals surface area contributed by atoms with Gasteiger partial charge in [-0.15, -0.1) is 11.8 Å². The Morgan fingerprint density at radius 3 is 2.81 bits per heavy atom. The number of methoxy groups -OCH3 is 1. The Kier molecular flexibility index (Phi) is 9.05. The van der Waals surface area contributed by atoms with Gasteiger partial charge in [-0.1, -0.05) is 28.1 Å². The number of hydroxylamine groups is 1. The molecule has 0 radical (unpaired) electrons. The Bertz CT molecular complexity index is 996. The van der Waals surface area contributed by atoms with Crippen LogP contribution in [0.3, 0.4) is 0 Å². The molecule has 32 heavy (non-hydrogen) atoms. The number of rotatable bonds is 10. The summed E-state index contributed by atoms with van der Waals surface area (Å²) in [6.45, 7) is 0.482. The van der Waals surface area contributed by atoms with E-state index in [0.29, 0.717) is 36.0 Å². The second kappa shape index (κ2) is 12.0. The van der Waals surface area contributed by atoms with Gasteiger partial charge in [0, 0.05) is 28.4 Å². The van der Waals surface area contributed by atoms with E-state index < -0.39 is 0 Å². The molecule has 7 nitrogen and oxygen atoms in total. The molecule has 3 rings (SSSR count). The van der Waals surface area contributed by atoms with Crippen molar-refractivity contribution in [3.05, 3.63) is 58.2 Å². The van der Waals surface area contributed by atoms with Gasteiger partial charge in [-0.25, -0.2) is 10.3 Å². The average Bonchev–Trinajstić information content (AvgIpc) is 3.25. The van der Waals surface area contributed by atoms with E-state index in [1.54, 1.807) is 24.4 Å². The monoisotopic (exact) mass is 520 g/mol. The summed E-state index contributed by atoms with van der Waals surface area (Å²) in [5, 5.41) is 8.46. The lowest BCUT2D eigenvalue weighted by molar-refractivity contribution is -0.129. The number of halogens is 1. The zero-order valence-electron chi connectivity index (χ0n) is 17.7. The van der Waals surface area contributed by atoms with E-state index in [1.807, 2.05) is 41.3 Å². The molecule has 1 heterocycles. The molecule has 2 aromatic rings. The molecule has 0 aliphatic carbocycles. The minimum atomic E-state index is -0.381. The maximum Gasteiger partial charge on any atom is 0.243 e. The number of unbranched alkanes of at least 4 members (excludes halogenated alkanes) is 2. The SMILES string of the molecule is COc1cc(N2C(=C=O)CSC2c2cccc(Br)c2)ccc1OCCCCCC(=O)NO. The highest BCUT2D eigenvalue weighted by Gasteiger charge is 2.33. The fourth-order valence-corrected chi connectivity index (χ4v) is 5.11. The minimum Gasteiger partial charge on any atom is -0.493 e. The average molecular weight is 521 g/mol. The van der Waals surface area contributed by atoms with Gasteiger partial charge < -0.3 is 14.4 Å². The summed E-state index contributed by atoms with van der Waals surface area (Å²) in [6.07, 6.45) is 2.54. The van der Waals surface area contributed by atoms with Gasteiger partial charge in [0.2, 0.25) is 5.91 Å². The number of ether oxygens (including phenoxy) is 2. The van der Waals surface area contributed by atoms with Crippen LogP contribution in [0.15, 0.2) is 52.6 Å². The van der Waals surface area contributed by atoms with E-state index in [2.05, 4.69) is 27.9 Å². The first kappa shape index (κ1) is 24.2. The third-order valence-electron chi connectivity index (χ3n) is 5.01. The normalized spacial score (nSPS) is 15.4. The first-order valence-corrected chi connectivity index (χ1v) is 12.1. The first-order chi connectivity index (χ1) is 15.6. The van der Waals surface area contributed by atoms with E-state index in [-0.39, 0.29) is 17.7 Å². The highest BCUT2D eigenvalue weighted by Crippen LogP contribution is 2.47. The number of hydrogen-bond donors (Lipinski definition) is 2. The van der Waals surface area contributed by atoms with Crippen LogP contribution >= 0.6 is 27.7 Å². The molecule has 9 heteroatoms. The van der Waals surface area contributed by atoms with E-state index in [9.17, 15) is 9.59 Å². The number of nitrogens with one attached hydrogen (secondary N) is 1. The van der Waals surface area contributed by atoms with Crippen LogP contribution in [0.25, 0.3) is 0 Å². The minimum absolute atomic E-state index is 0.0449. The molecule has 0 aromatic heterocycles. The fraction of sp³-hybridized carbons (Fsp3) is 0.348. The molecule has 2 N–H and O–H groups in total. The van der Waals surface area contributed by atoms with Crippen molar-refractivity contribution in [3.63, 3.8) is 0 Å². The number of anilines is 1. The molecule has 1 amide bonds. The van der Waals surface area contributed by atoms with Crippen molar-refractivity contribution in [1.29, 1.82) is 0 Å². The van der Waals surface area contributed by atoms with Gasteiger partial charge in [-0.2, -0.15) is 0 Å². The van der Waals surface area contributed by atoms with Crippen LogP contribution in [0, 0.1) is 0 Å². The molecule has 1 aliphatic heterocycles. The van der Waals surface area contributed by atoms with Crippen LogP contribution in [-0.4, -0.2) is 36.5 Å². The van der Waals surface area contributed by atoms with Gasteiger partial charge in [-0.3, -0.25) is 10.0 Å². The first-order valence-electron chi connectivity index (χ1n) is 10.2. The van der Waals surface area contributed by atoms with Crippen molar-refractivity contribution in [2.45, 2.75) is 31.1 Å². The van der Waals surface area contributed by atoms with Crippen LogP contribution in [0.1, 0.15) is 36.6 Å². The van der Waals surface area contributed by atoms with E-state index in [0.717, 1.165) is 28.6 Å². The predicted octanol–water partition coefficient (Wildman–Crippen LogP) is 4.87. The number of carbonyl (C=O) groups excluding carboxylic acids is 2. The third kappa shape index (κ3) is 6.07. The summed E-state index contributed by atoms with van der Waals surface area (Å²) in [6, 6.07) is 13.7. The number of amides is 1. The maximum atomic E-state index is 11.6. The van der Waals surface area contributed by atoms with E-state index in [4.69, 9.17) is 14.7 Å². The molecule has 0 saturated carbocycles. The molecule has 0 bridgehead atoms. The second-order valence-corrected chi connectivity index (χ2v) is 9.15. The lowest BCUT2D eigenvalue weighted by Gasteiger charge is -2.27. The second-order valence-electron chi connectivity index (χ2n) is 7.17. The van der Waals surface area contributed by atoms with Crippen molar-refractivity contribution in [2.24, 2.45) is 0 Å². The number of carbonyl (C=O) groups is 1. The molecule has 1 saturated heterocycles. The van der Waals surface area contributed by atoms with Gasteiger partial charge in [0.05, 0.1) is 13.7 Å². The molecule has 1 unspecified atom stereocenters. The Morgan fingerprint density at radius 1 is 1.25 bits per heavy atom. The molecule has 0 spiro atoms. The number of hydrogen-bond acceptors (Lipinski definition) is 7. The van der Waals surface area contributed by atoms with Crippen molar-refractivity contribution >= 4 is 45.2 Å². The van der Waals surface area contributed by atoms with Crippen LogP contribution in [0.4, 0.5) is 5.69 Å². The van der Waals surface area contributed by atoms with Crippen LogP contribution < -0.4 is 19.9 Å². The Morgan fingerprint density at radius 2 is 2.09 bits per heavy atom. The topological polar surface area (TPSA) is 88.1 Å². The lowest BCUT2D eigenvalue weighted by atomic mass is 10.1. The van der Waals surface area contributed by atoms with Crippen molar-refractivity contribution < 1.29 is 24.3 Å². The summed E-state index contributed by atoms with van der Waals surface area (Å²) in [5.41, 5.74) is 4.13. The lowest BCUT2D eigenvalue weighted by Crippen LogP contribution is -2.21. The van der Waals surface area contributed by atoms with Crippen molar-refractivity contribution in [3.8, 4) is 11.5 Å². The van der Waals surface area contributed by atoms with Crippen LogP contribution in [0.2, 0.25) is 0 Å². The highest BCUT2D eigenvalue weighted by atomic mass is 79.9. The molecule has 1 fully saturated rings. The summed E-state index contributed by atoms with van der Waals surface area (Å²) in [4.78, 5) is 24.6. The largest absolute Gasteiger partial charge is 0.493 e. The molecular weight excluding hydrogens is 496 g/mol. The Balaban J connectivity index is 1.70. The summed E-state index contributed by atoms with van der Waals surface area (Å²) >= 11 is 5.19. The standard InChI is InChI=1S/C23H25BrN2O5S/c1-30-21-13-18(9-10-20(21)31-11-4-2-3-8-22(28)25-29)26-19(14-27)15-32-23(26)16-6-5-7-17(24)12-16/h5-7,9-10,12-13,23,29H,2-4,8,11,15H2,1H3,(H,25,28). The van der Waals surface area contributed by atoms with Crippen molar-refractivity contribution in [2.75, 3.05) is 24.4 Å². The summed E-state index contributed by atoms with van der Waals surface area (Å²) < 4.78 is 12.4. The summed E-state index contributed by atoms with van der Waals surface area (Å²) in [5.74, 6) is 3.48. The molecule has 1 aliphatic rings. The van der Waals surface area contributed by atoms with Crippen molar-refractivity contribution in [1.82, 2.24) is 5.48 Å². The van der Waals surface area contributed by atoms with Gasteiger partial charge in [0.25, 0.3) is 0 Å². The van der Waals surface area contributed by atoms with Gasteiger partial charge >= 0.3 is 0 Å². The van der Waals surface area contributed by atoms with Crippen LogP contribution in [-0.2, 0) is 9.59 Å². The van der Waals surface area contributed by atoms with E-state index >= 15 is 0 Å². The zero-order valence-corrected chi connectivity index (χ0v) is 20.1. The number of nitrogens with zero attached hydrogens (tertiary/aromatic N) is 1. The van der Waals surface area contributed by atoms with Crippen LogP contribution in [0.5, 0.6) is 11.5 Å². The Labute approximate surface area is 199 Å². The van der Waals surface area contributed by atoms with Gasteiger partial charge in [0.1, 0.15) is 17.0 Å². The zero-order chi connectivity index (χ0) is 22.9. The molecule has 2 aromatic carbocycles. The molecular formula is C23H25BrN2O5S. The smallest absolute Gasteiger partial charge is 0.243 e. The Hall–Kier alpha value is -2.45. The molecule has 1 atom stereocenters. The third-order valence-corrected chi connectivity index (χ3v) is 6.74. The molecule has 170 valence electrons. The summed E-state index contributed by atoms with van der Waals surface area (Å²) in [7, 11) is 1.58. The van der Waals surface area contributed by atoms with Gasteiger partial charge in [0.15, 0.2) is 11.5 Å². The quantitative estimate of drug-likeness (QED) is 0.200. The maximum absolute atomic E-state index is 11.6. The number of benzene rings is 2.